The van der Waals surface area contributed by atoms with Gasteiger partial charge in [-0.25, -0.2) is 0 Å². The summed E-state index contributed by atoms with van der Waals surface area (Å²) < 4.78 is 1.72. The summed E-state index contributed by atoms with van der Waals surface area (Å²) in [7, 11) is 1.86. The second-order valence-electron chi connectivity index (χ2n) is 4.16. The van der Waals surface area contributed by atoms with Gasteiger partial charge in [-0.3, -0.25) is 4.68 Å². The van der Waals surface area contributed by atoms with Gasteiger partial charge in [0.15, 0.2) is 0 Å². The molecule has 0 saturated carbocycles. The summed E-state index contributed by atoms with van der Waals surface area (Å²) in [5.41, 5.74) is 3.32. The van der Waals surface area contributed by atoms with Crippen molar-refractivity contribution in [1.82, 2.24) is 9.78 Å². The molecule has 1 aromatic carbocycles. The van der Waals surface area contributed by atoms with Gasteiger partial charge in [-0.2, -0.15) is 10.4 Å². The number of hydrogen-bond donors (Lipinski definition) is 0. The van der Waals surface area contributed by atoms with Crippen LogP contribution in [-0.2, 0) is 18.5 Å². The van der Waals surface area contributed by atoms with Crippen LogP contribution in [-0.4, -0.2) is 15.5 Å². The lowest BCUT2D eigenvalue weighted by molar-refractivity contribution is 0.130. The van der Waals surface area contributed by atoms with E-state index in [1.54, 1.807) is 23.0 Å². The predicted octanol–water partition coefficient (Wildman–Crippen LogP) is 2.23. The molecule has 96 valence electrons. The van der Waals surface area contributed by atoms with Crippen LogP contribution in [0.5, 0.6) is 0 Å². The summed E-state index contributed by atoms with van der Waals surface area (Å²) in [4.78, 5) is 5.29. The molecule has 0 bridgehead atoms. The van der Waals surface area contributed by atoms with Crippen LogP contribution in [0.1, 0.15) is 23.6 Å². The van der Waals surface area contributed by atoms with E-state index in [0.29, 0.717) is 12.2 Å². The van der Waals surface area contributed by atoms with Gasteiger partial charge in [0.05, 0.1) is 23.5 Å². The van der Waals surface area contributed by atoms with E-state index in [9.17, 15) is 0 Å². The molecule has 2 aromatic rings. The van der Waals surface area contributed by atoms with Crippen LogP contribution in [0.4, 0.5) is 0 Å². The summed E-state index contributed by atoms with van der Waals surface area (Å²) in [6.07, 6.45) is 3.62. The molecule has 0 radical (unpaired) electrons. The minimum atomic E-state index is 0.378. The summed E-state index contributed by atoms with van der Waals surface area (Å²) >= 11 is 0. The third-order valence-corrected chi connectivity index (χ3v) is 2.64. The molecule has 0 spiro atoms. The Morgan fingerprint density at radius 1 is 1.42 bits per heavy atom. The van der Waals surface area contributed by atoms with Crippen molar-refractivity contribution in [3.8, 4) is 6.07 Å². The molecule has 0 saturated heterocycles. The molecule has 0 atom stereocenters. The summed E-state index contributed by atoms with van der Waals surface area (Å²) in [6.45, 7) is 2.25. The molecule has 0 N–H and O–H groups in total. The first-order valence-electron chi connectivity index (χ1n) is 5.83. The van der Waals surface area contributed by atoms with E-state index >= 15 is 0 Å². The van der Waals surface area contributed by atoms with E-state index in [-0.39, 0.29) is 0 Å². The van der Waals surface area contributed by atoms with Crippen LogP contribution in [0.2, 0.25) is 0 Å². The fraction of sp³-hybridized carbons (Fsp3) is 0.214. The molecule has 1 heterocycles. The normalized spacial score (nSPS) is 11.1. The number of rotatable bonds is 4. The monoisotopic (exact) mass is 254 g/mol. The van der Waals surface area contributed by atoms with Crippen LogP contribution in [0, 0.1) is 11.3 Å². The van der Waals surface area contributed by atoms with E-state index in [1.807, 2.05) is 32.3 Å². The van der Waals surface area contributed by atoms with Crippen molar-refractivity contribution in [3.63, 3.8) is 0 Å². The van der Waals surface area contributed by atoms with Gasteiger partial charge >= 0.3 is 0 Å². The molecule has 0 amide bonds. The van der Waals surface area contributed by atoms with E-state index in [2.05, 4.69) is 16.3 Å². The molecule has 0 aliphatic rings. The average molecular weight is 254 g/mol. The lowest BCUT2D eigenvalue weighted by atomic mass is 10.2. The molecule has 1 aromatic heterocycles. The minimum absolute atomic E-state index is 0.378. The van der Waals surface area contributed by atoms with Crippen molar-refractivity contribution in [2.45, 2.75) is 13.5 Å². The summed E-state index contributed by atoms with van der Waals surface area (Å²) in [6, 6.07) is 9.30. The summed E-state index contributed by atoms with van der Waals surface area (Å²) in [5, 5.41) is 16.8. The van der Waals surface area contributed by atoms with Gasteiger partial charge in [0.25, 0.3) is 0 Å². The van der Waals surface area contributed by atoms with Crippen LogP contribution >= 0.6 is 0 Å². The van der Waals surface area contributed by atoms with Gasteiger partial charge in [-0.05, 0) is 24.6 Å². The number of oxime groups is 1. The Morgan fingerprint density at radius 3 is 2.74 bits per heavy atom. The lowest BCUT2D eigenvalue weighted by Crippen LogP contribution is -1.95. The average Bonchev–Trinajstić information content (AvgIpc) is 2.86. The van der Waals surface area contributed by atoms with Crippen LogP contribution < -0.4 is 0 Å². The van der Waals surface area contributed by atoms with Crippen LogP contribution in [0.3, 0.4) is 0 Å². The molecule has 0 unspecified atom stereocenters. The Balaban J connectivity index is 1.93. The second-order valence-corrected chi connectivity index (χ2v) is 4.16. The molecule has 0 aliphatic heterocycles. The predicted molar refractivity (Wildman–Crippen MR) is 71.4 cm³/mol. The minimum Gasteiger partial charge on any atom is -0.391 e. The molecule has 5 heteroatoms. The molecule has 5 nitrogen and oxygen atoms in total. The Hall–Kier alpha value is -2.61. The van der Waals surface area contributed by atoms with Crippen molar-refractivity contribution in [3.05, 3.63) is 53.3 Å². The van der Waals surface area contributed by atoms with E-state index in [0.717, 1.165) is 16.8 Å². The zero-order valence-corrected chi connectivity index (χ0v) is 10.9. The van der Waals surface area contributed by atoms with Gasteiger partial charge in [0.1, 0.15) is 6.61 Å². The van der Waals surface area contributed by atoms with Gasteiger partial charge < -0.3 is 4.84 Å². The number of nitrogens with zero attached hydrogens (tertiary/aromatic N) is 4. The maximum absolute atomic E-state index is 8.69. The fourth-order valence-corrected chi connectivity index (χ4v) is 1.54. The molecular formula is C14H14N4O. The van der Waals surface area contributed by atoms with Crippen molar-refractivity contribution < 1.29 is 4.84 Å². The maximum atomic E-state index is 8.69. The van der Waals surface area contributed by atoms with Gasteiger partial charge in [-0.15, -0.1) is 0 Å². The third kappa shape index (κ3) is 3.42. The largest absolute Gasteiger partial charge is 0.391 e. The molecule has 19 heavy (non-hydrogen) atoms. The Morgan fingerprint density at radius 2 is 2.16 bits per heavy atom. The number of hydrogen-bond acceptors (Lipinski definition) is 4. The summed E-state index contributed by atoms with van der Waals surface area (Å²) in [5.74, 6) is 0. The zero-order valence-electron chi connectivity index (χ0n) is 10.9. The van der Waals surface area contributed by atoms with Gasteiger partial charge in [0, 0.05) is 18.8 Å². The standard InChI is InChI=1S/C14H14N4O/c1-11(14-8-16-18(2)9-14)17-19-10-13-5-3-12(7-15)4-6-13/h3-6,8-9H,10H2,1-2H3/b17-11+. The third-order valence-electron chi connectivity index (χ3n) is 2.64. The van der Waals surface area contributed by atoms with Gasteiger partial charge in [0.2, 0.25) is 0 Å². The van der Waals surface area contributed by atoms with Crippen molar-refractivity contribution in [1.29, 1.82) is 5.26 Å². The second kappa shape index (κ2) is 5.83. The van der Waals surface area contributed by atoms with Crippen molar-refractivity contribution >= 4 is 5.71 Å². The zero-order chi connectivity index (χ0) is 13.7. The van der Waals surface area contributed by atoms with E-state index < -0.39 is 0 Å². The molecular weight excluding hydrogens is 240 g/mol. The lowest BCUT2D eigenvalue weighted by Gasteiger charge is -2.01. The number of aryl methyl sites for hydroxylation is 1. The highest BCUT2D eigenvalue weighted by atomic mass is 16.6. The van der Waals surface area contributed by atoms with Crippen molar-refractivity contribution in [2.75, 3.05) is 0 Å². The first-order chi connectivity index (χ1) is 9.19. The topological polar surface area (TPSA) is 63.2 Å². The first kappa shape index (κ1) is 12.8. The Labute approximate surface area is 111 Å². The van der Waals surface area contributed by atoms with E-state index in [4.69, 9.17) is 10.1 Å². The van der Waals surface area contributed by atoms with E-state index in [1.165, 1.54) is 0 Å². The van der Waals surface area contributed by atoms with Crippen LogP contribution in [0.15, 0.2) is 41.8 Å². The number of aromatic nitrogens is 2. The smallest absolute Gasteiger partial charge is 0.142 e. The first-order valence-corrected chi connectivity index (χ1v) is 5.83. The van der Waals surface area contributed by atoms with Crippen molar-refractivity contribution in [2.24, 2.45) is 12.2 Å². The molecule has 0 aliphatic carbocycles. The highest BCUT2D eigenvalue weighted by molar-refractivity contribution is 5.97. The highest BCUT2D eigenvalue weighted by Gasteiger charge is 2.00. The van der Waals surface area contributed by atoms with Gasteiger partial charge in [-0.1, -0.05) is 17.3 Å². The SMILES string of the molecule is C/C(=N\OCc1ccc(C#N)cc1)c1cnn(C)c1. The Kier molecular flexibility index (Phi) is 3.94. The number of benzene rings is 1. The Bertz CT molecular complexity index is 620. The fourth-order valence-electron chi connectivity index (χ4n) is 1.54. The molecule has 2 rings (SSSR count). The maximum Gasteiger partial charge on any atom is 0.142 e. The van der Waals surface area contributed by atoms with Crippen LogP contribution in [0.25, 0.3) is 0 Å². The molecule has 0 fully saturated rings. The number of nitriles is 1. The quantitative estimate of drug-likeness (QED) is 0.621. The highest BCUT2D eigenvalue weighted by Crippen LogP contribution is 2.06.